The first-order valence-corrected chi connectivity index (χ1v) is 10.5. The maximum atomic E-state index is 12.8. The van der Waals surface area contributed by atoms with Crippen molar-refractivity contribution < 1.29 is 19.2 Å². The molecule has 0 aliphatic carbocycles. The van der Waals surface area contributed by atoms with Crippen molar-refractivity contribution in [3.63, 3.8) is 0 Å². The van der Waals surface area contributed by atoms with Crippen LogP contribution in [0.15, 0.2) is 18.2 Å². The Balaban J connectivity index is 1.32. The average Bonchev–Trinajstić information content (AvgIpc) is 2.99. The standard InChI is InChI=1S/C21H25N5O4/c27-17-4-3-16(19(28)24-17)26-11-13-7-12(1-2-15(13)21(26)30)10-25-6-5-23-20(29)18(25)14-8-22-9-14/h1-2,7,14,16,18,22H,3-6,8-11H2,(H,23,29)(H,24,27,28). The highest BCUT2D eigenvalue weighted by molar-refractivity contribution is 6.05. The van der Waals surface area contributed by atoms with E-state index in [1.165, 1.54) is 0 Å². The van der Waals surface area contributed by atoms with E-state index in [1.807, 2.05) is 18.2 Å². The molecular weight excluding hydrogens is 386 g/mol. The Morgan fingerprint density at radius 3 is 2.63 bits per heavy atom. The molecule has 3 fully saturated rings. The highest BCUT2D eigenvalue weighted by Gasteiger charge is 2.40. The van der Waals surface area contributed by atoms with E-state index in [9.17, 15) is 19.2 Å². The number of fused-ring (bicyclic) bond motifs is 1. The summed E-state index contributed by atoms with van der Waals surface area (Å²) in [4.78, 5) is 52.7. The summed E-state index contributed by atoms with van der Waals surface area (Å²) in [5, 5.41) is 8.54. The molecule has 3 N–H and O–H groups in total. The third-order valence-electron chi connectivity index (χ3n) is 6.59. The molecule has 2 atom stereocenters. The summed E-state index contributed by atoms with van der Waals surface area (Å²) < 4.78 is 0. The van der Waals surface area contributed by atoms with Crippen molar-refractivity contribution in [3.8, 4) is 0 Å². The molecule has 3 saturated heterocycles. The first kappa shape index (κ1) is 19.2. The van der Waals surface area contributed by atoms with Gasteiger partial charge in [0.05, 0.1) is 6.04 Å². The van der Waals surface area contributed by atoms with Crippen molar-refractivity contribution in [1.29, 1.82) is 0 Å². The summed E-state index contributed by atoms with van der Waals surface area (Å²) in [5.74, 6) is -0.437. The lowest BCUT2D eigenvalue weighted by molar-refractivity contribution is -0.137. The predicted molar refractivity (Wildman–Crippen MR) is 106 cm³/mol. The van der Waals surface area contributed by atoms with Gasteiger partial charge in [-0.05, 0) is 23.6 Å². The summed E-state index contributed by atoms with van der Waals surface area (Å²) in [6, 6.07) is 5.04. The lowest BCUT2D eigenvalue weighted by Crippen LogP contribution is -2.64. The Hall–Kier alpha value is -2.78. The number of hydrogen-bond donors (Lipinski definition) is 3. The molecule has 0 radical (unpaired) electrons. The van der Waals surface area contributed by atoms with Gasteiger partial charge in [-0.1, -0.05) is 12.1 Å². The van der Waals surface area contributed by atoms with Gasteiger partial charge in [-0.15, -0.1) is 0 Å². The van der Waals surface area contributed by atoms with Crippen LogP contribution in [-0.4, -0.2) is 71.7 Å². The number of rotatable bonds is 4. The fourth-order valence-corrected chi connectivity index (χ4v) is 4.92. The summed E-state index contributed by atoms with van der Waals surface area (Å²) in [7, 11) is 0. The maximum Gasteiger partial charge on any atom is 0.255 e. The van der Waals surface area contributed by atoms with Crippen LogP contribution < -0.4 is 16.0 Å². The molecule has 1 aromatic rings. The Bertz CT molecular complexity index is 928. The van der Waals surface area contributed by atoms with Gasteiger partial charge in [0.1, 0.15) is 6.04 Å². The van der Waals surface area contributed by atoms with Gasteiger partial charge in [0.2, 0.25) is 17.7 Å². The Morgan fingerprint density at radius 1 is 1.07 bits per heavy atom. The number of carbonyl (C=O) groups excluding carboxylic acids is 4. The fourth-order valence-electron chi connectivity index (χ4n) is 4.92. The zero-order valence-corrected chi connectivity index (χ0v) is 16.6. The zero-order valence-electron chi connectivity index (χ0n) is 16.6. The SMILES string of the molecule is O=C1CCC(N2Cc3cc(CN4CCNC(=O)C4C4CNC4)ccc3C2=O)C(=O)N1. The van der Waals surface area contributed by atoms with E-state index < -0.39 is 11.9 Å². The number of piperazine rings is 1. The Kier molecular flexibility index (Phi) is 4.79. The number of amides is 4. The van der Waals surface area contributed by atoms with Crippen molar-refractivity contribution in [2.24, 2.45) is 5.92 Å². The number of nitrogens with one attached hydrogen (secondary N) is 3. The second kappa shape index (κ2) is 7.48. The first-order valence-electron chi connectivity index (χ1n) is 10.5. The van der Waals surface area contributed by atoms with Crippen LogP contribution in [0.1, 0.15) is 34.3 Å². The molecule has 4 heterocycles. The minimum atomic E-state index is -0.604. The van der Waals surface area contributed by atoms with Crippen LogP contribution in [0.5, 0.6) is 0 Å². The molecule has 0 aromatic heterocycles. The topological polar surface area (TPSA) is 111 Å². The maximum absolute atomic E-state index is 12.8. The van der Waals surface area contributed by atoms with E-state index in [-0.39, 0.29) is 30.2 Å². The summed E-state index contributed by atoms with van der Waals surface area (Å²) in [6.07, 6.45) is 0.605. The second-order valence-corrected chi connectivity index (χ2v) is 8.52. The molecule has 0 saturated carbocycles. The molecule has 4 amide bonds. The number of benzene rings is 1. The fraction of sp³-hybridized carbons (Fsp3) is 0.524. The molecule has 158 valence electrons. The molecule has 4 aliphatic heterocycles. The molecule has 1 aromatic carbocycles. The number of piperidine rings is 1. The van der Waals surface area contributed by atoms with Crippen molar-refractivity contribution in [2.45, 2.75) is 38.0 Å². The highest BCUT2D eigenvalue weighted by Crippen LogP contribution is 2.29. The molecule has 2 unspecified atom stereocenters. The molecule has 9 nitrogen and oxygen atoms in total. The van der Waals surface area contributed by atoms with E-state index in [1.54, 1.807) is 4.90 Å². The van der Waals surface area contributed by atoms with Crippen LogP contribution in [0.3, 0.4) is 0 Å². The second-order valence-electron chi connectivity index (χ2n) is 8.52. The van der Waals surface area contributed by atoms with Gasteiger partial charge >= 0.3 is 0 Å². The van der Waals surface area contributed by atoms with E-state index in [0.717, 1.165) is 30.8 Å². The highest BCUT2D eigenvalue weighted by atomic mass is 16.2. The lowest BCUT2D eigenvalue weighted by Gasteiger charge is -2.43. The summed E-state index contributed by atoms with van der Waals surface area (Å²) >= 11 is 0. The van der Waals surface area contributed by atoms with Crippen molar-refractivity contribution in [1.82, 2.24) is 25.8 Å². The van der Waals surface area contributed by atoms with Crippen LogP contribution in [0.25, 0.3) is 0 Å². The Morgan fingerprint density at radius 2 is 1.90 bits per heavy atom. The molecule has 0 bridgehead atoms. The molecule has 9 heteroatoms. The normalized spacial score (nSPS) is 27.5. The van der Waals surface area contributed by atoms with Crippen LogP contribution in [0.2, 0.25) is 0 Å². The van der Waals surface area contributed by atoms with E-state index >= 15 is 0 Å². The van der Waals surface area contributed by atoms with Crippen molar-refractivity contribution >= 4 is 23.6 Å². The largest absolute Gasteiger partial charge is 0.353 e. The quantitative estimate of drug-likeness (QED) is 0.547. The van der Waals surface area contributed by atoms with Gasteiger partial charge in [0.25, 0.3) is 5.91 Å². The van der Waals surface area contributed by atoms with Crippen molar-refractivity contribution in [3.05, 3.63) is 34.9 Å². The zero-order chi connectivity index (χ0) is 20.8. The molecular formula is C21H25N5O4. The molecule has 30 heavy (non-hydrogen) atoms. The van der Waals surface area contributed by atoms with E-state index in [2.05, 4.69) is 20.9 Å². The van der Waals surface area contributed by atoms with Crippen LogP contribution in [-0.2, 0) is 27.5 Å². The van der Waals surface area contributed by atoms with Gasteiger partial charge in [-0.25, -0.2) is 0 Å². The van der Waals surface area contributed by atoms with Crippen molar-refractivity contribution in [2.75, 3.05) is 26.2 Å². The van der Waals surface area contributed by atoms with Crippen LogP contribution >= 0.6 is 0 Å². The summed E-state index contributed by atoms with van der Waals surface area (Å²) in [6.45, 7) is 4.16. The predicted octanol–water partition coefficient (Wildman–Crippen LogP) is -1.03. The van der Waals surface area contributed by atoms with E-state index in [4.69, 9.17) is 0 Å². The summed E-state index contributed by atoms with van der Waals surface area (Å²) in [5.41, 5.74) is 2.56. The van der Waals surface area contributed by atoms with Gasteiger partial charge in [-0.2, -0.15) is 0 Å². The number of carbonyl (C=O) groups is 4. The van der Waals surface area contributed by atoms with Gasteiger partial charge < -0.3 is 15.5 Å². The van der Waals surface area contributed by atoms with Crippen LogP contribution in [0.4, 0.5) is 0 Å². The van der Waals surface area contributed by atoms with Gasteiger partial charge in [0, 0.05) is 57.2 Å². The third-order valence-corrected chi connectivity index (χ3v) is 6.59. The average molecular weight is 411 g/mol. The van der Waals surface area contributed by atoms with Gasteiger partial charge in [-0.3, -0.25) is 29.4 Å². The minimum absolute atomic E-state index is 0.0909. The minimum Gasteiger partial charge on any atom is -0.353 e. The van der Waals surface area contributed by atoms with Gasteiger partial charge in [0.15, 0.2) is 0 Å². The number of hydrogen-bond acceptors (Lipinski definition) is 6. The molecule has 0 spiro atoms. The van der Waals surface area contributed by atoms with Crippen LogP contribution in [0, 0.1) is 5.92 Å². The number of nitrogens with zero attached hydrogens (tertiary/aromatic N) is 2. The Labute approximate surface area is 174 Å². The smallest absolute Gasteiger partial charge is 0.255 e. The molecule has 4 aliphatic rings. The third kappa shape index (κ3) is 3.27. The first-order chi connectivity index (χ1) is 14.5. The van der Waals surface area contributed by atoms with E-state index in [0.29, 0.717) is 37.5 Å². The monoisotopic (exact) mass is 411 g/mol. The number of imide groups is 1. The lowest BCUT2D eigenvalue weighted by atomic mass is 9.90. The molecule has 5 rings (SSSR count).